The molecule has 21 heavy (non-hydrogen) atoms. The molecular weight excluding hydrogens is 270 g/mol. The van der Waals surface area contributed by atoms with Crippen LogP contribution in [0.15, 0.2) is 72.9 Å². The molecule has 2 aromatic rings. The van der Waals surface area contributed by atoms with Crippen LogP contribution in [-0.4, -0.2) is 13.7 Å². The van der Waals surface area contributed by atoms with E-state index in [1.165, 1.54) is 11.4 Å². The SMILES string of the molecule is C=C[Si](C)(C)C(CC)N(c1ccccc1)c1ccccc1. The van der Waals surface area contributed by atoms with Gasteiger partial charge in [-0.25, -0.2) is 0 Å². The summed E-state index contributed by atoms with van der Waals surface area (Å²) in [5.41, 5.74) is 5.23. The number of hydrogen-bond donors (Lipinski definition) is 0. The average Bonchev–Trinajstić information content (AvgIpc) is 2.54. The van der Waals surface area contributed by atoms with Gasteiger partial charge < -0.3 is 4.90 Å². The van der Waals surface area contributed by atoms with Crippen molar-refractivity contribution in [3.8, 4) is 0 Å². The summed E-state index contributed by atoms with van der Waals surface area (Å²) in [5, 5.41) is 0. The summed E-state index contributed by atoms with van der Waals surface area (Å²) >= 11 is 0. The molecule has 0 N–H and O–H groups in total. The minimum absolute atomic E-state index is 0.500. The van der Waals surface area contributed by atoms with Crippen LogP contribution >= 0.6 is 0 Å². The lowest BCUT2D eigenvalue weighted by Gasteiger charge is -2.40. The number of anilines is 2. The molecule has 2 aromatic carbocycles. The monoisotopic (exact) mass is 295 g/mol. The molecule has 0 saturated heterocycles. The minimum atomic E-state index is -1.55. The first kappa shape index (κ1) is 15.6. The first-order valence-corrected chi connectivity index (χ1v) is 10.8. The van der Waals surface area contributed by atoms with Crippen molar-refractivity contribution < 1.29 is 0 Å². The number of rotatable bonds is 6. The van der Waals surface area contributed by atoms with Crippen LogP contribution < -0.4 is 4.90 Å². The fraction of sp³-hybridized carbons (Fsp3) is 0.263. The normalized spacial score (nSPS) is 12.7. The smallest absolute Gasteiger partial charge is 0.0965 e. The molecule has 0 saturated carbocycles. The maximum Gasteiger partial charge on any atom is 0.0965 e. The van der Waals surface area contributed by atoms with Gasteiger partial charge >= 0.3 is 0 Å². The Labute approximate surface area is 129 Å². The highest BCUT2D eigenvalue weighted by atomic mass is 28.3. The van der Waals surface area contributed by atoms with Crippen LogP contribution in [0.3, 0.4) is 0 Å². The molecule has 1 atom stereocenters. The second-order valence-corrected chi connectivity index (χ2v) is 10.7. The second-order valence-electron chi connectivity index (χ2n) is 5.99. The predicted molar refractivity (Wildman–Crippen MR) is 96.8 cm³/mol. The molecule has 0 heterocycles. The van der Waals surface area contributed by atoms with Crippen molar-refractivity contribution in [1.82, 2.24) is 0 Å². The maximum atomic E-state index is 4.11. The van der Waals surface area contributed by atoms with E-state index in [2.05, 4.69) is 97.9 Å². The van der Waals surface area contributed by atoms with Crippen molar-refractivity contribution in [1.29, 1.82) is 0 Å². The third kappa shape index (κ3) is 3.45. The molecule has 110 valence electrons. The Morgan fingerprint density at radius 1 is 0.952 bits per heavy atom. The third-order valence-corrected chi connectivity index (χ3v) is 7.59. The Morgan fingerprint density at radius 2 is 1.38 bits per heavy atom. The van der Waals surface area contributed by atoms with Gasteiger partial charge in [-0.1, -0.05) is 62.1 Å². The zero-order valence-electron chi connectivity index (χ0n) is 13.3. The van der Waals surface area contributed by atoms with Gasteiger partial charge in [0.1, 0.15) is 0 Å². The zero-order chi connectivity index (χ0) is 15.3. The molecular formula is C19H25NSi. The van der Waals surface area contributed by atoms with E-state index in [1.807, 2.05) is 0 Å². The van der Waals surface area contributed by atoms with E-state index < -0.39 is 8.07 Å². The van der Waals surface area contributed by atoms with Crippen molar-refractivity contribution in [2.45, 2.75) is 32.1 Å². The highest BCUT2D eigenvalue weighted by molar-refractivity contribution is 6.84. The quantitative estimate of drug-likeness (QED) is 0.629. The lowest BCUT2D eigenvalue weighted by atomic mass is 10.2. The Balaban J connectivity index is 2.53. The minimum Gasteiger partial charge on any atom is -0.341 e. The van der Waals surface area contributed by atoms with Crippen LogP contribution in [0, 0.1) is 0 Å². The lowest BCUT2D eigenvalue weighted by molar-refractivity contribution is 0.788. The first-order chi connectivity index (χ1) is 10.1. The van der Waals surface area contributed by atoms with Crippen molar-refractivity contribution in [2.75, 3.05) is 4.90 Å². The molecule has 0 amide bonds. The summed E-state index contributed by atoms with van der Waals surface area (Å²) in [4.78, 5) is 2.49. The van der Waals surface area contributed by atoms with Crippen molar-refractivity contribution in [3.63, 3.8) is 0 Å². The Kier molecular flexibility index (Phi) is 5.02. The Bertz CT molecular complexity index is 523. The Hall–Kier alpha value is -1.80. The van der Waals surface area contributed by atoms with Gasteiger partial charge in [0.05, 0.1) is 8.07 Å². The van der Waals surface area contributed by atoms with E-state index in [1.54, 1.807) is 0 Å². The van der Waals surface area contributed by atoms with E-state index >= 15 is 0 Å². The van der Waals surface area contributed by atoms with Gasteiger partial charge in [-0.15, -0.1) is 6.58 Å². The summed E-state index contributed by atoms with van der Waals surface area (Å²) in [6.45, 7) is 11.2. The number of benzene rings is 2. The van der Waals surface area contributed by atoms with E-state index in [0.29, 0.717) is 5.67 Å². The summed E-state index contributed by atoms with van der Waals surface area (Å²) in [6.07, 6.45) is 1.12. The van der Waals surface area contributed by atoms with Gasteiger partial charge in [0.25, 0.3) is 0 Å². The molecule has 0 aliphatic carbocycles. The molecule has 0 bridgehead atoms. The lowest BCUT2D eigenvalue weighted by Crippen LogP contribution is -2.50. The molecule has 0 aliphatic heterocycles. The number of nitrogens with zero attached hydrogens (tertiary/aromatic N) is 1. The van der Waals surface area contributed by atoms with E-state index in [-0.39, 0.29) is 0 Å². The third-order valence-electron chi connectivity index (χ3n) is 4.15. The van der Waals surface area contributed by atoms with Crippen molar-refractivity contribution in [2.24, 2.45) is 0 Å². The molecule has 0 spiro atoms. The van der Waals surface area contributed by atoms with Gasteiger partial charge in [-0.2, -0.15) is 0 Å². The molecule has 2 rings (SSSR count). The average molecular weight is 296 g/mol. The van der Waals surface area contributed by atoms with Crippen LogP contribution in [0.1, 0.15) is 13.3 Å². The summed E-state index contributed by atoms with van der Waals surface area (Å²) in [5.74, 6) is 0. The zero-order valence-corrected chi connectivity index (χ0v) is 14.3. The highest BCUT2D eigenvalue weighted by Crippen LogP contribution is 2.32. The Morgan fingerprint density at radius 3 is 1.71 bits per heavy atom. The van der Waals surface area contributed by atoms with E-state index in [4.69, 9.17) is 0 Å². The van der Waals surface area contributed by atoms with E-state index in [0.717, 1.165) is 6.42 Å². The molecule has 0 radical (unpaired) electrons. The molecule has 0 fully saturated rings. The van der Waals surface area contributed by atoms with Gasteiger partial charge in [0, 0.05) is 17.0 Å². The van der Waals surface area contributed by atoms with Crippen LogP contribution in [0.5, 0.6) is 0 Å². The fourth-order valence-electron chi connectivity index (χ4n) is 2.86. The predicted octanol–water partition coefficient (Wildman–Crippen LogP) is 5.58. The first-order valence-electron chi connectivity index (χ1n) is 7.63. The molecule has 1 unspecified atom stereocenters. The van der Waals surface area contributed by atoms with E-state index in [9.17, 15) is 0 Å². The van der Waals surface area contributed by atoms with Crippen LogP contribution in [0.25, 0.3) is 0 Å². The largest absolute Gasteiger partial charge is 0.341 e. The maximum absolute atomic E-state index is 4.11. The highest BCUT2D eigenvalue weighted by Gasteiger charge is 2.33. The van der Waals surface area contributed by atoms with Crippen molar-refractivity contribution >= 4 is 19.4 Å². The standard InChI is InChI=1S/C19H25NSi/c1-5-19(21(3,4)6-2)20(17-13-9-7-10-14-17)18-15-11-8-12-16-18/h6-16,19H,2,5H2,1,3-4H3. The van der Waals surface area contributed by atoms with Gasteiger partial charge in [-0.3, -0.25) is 0 Å². The molecule has 0 aromatic heterocycles. The summed E-state index contributed by atoms with van der Waals surface area (Å²) in [6, 6.07) is 21.4. The molecule has 2 heteroatoms. The fourth-order valence-corrected chi connectivity index (χ4v) is 5.15. The summed E-state index contributed by atoms with van der Waals surface area (Å²) < 4.78 is 0. The van der Waals surface area contributed by atoms with Crippen LogP contribution in [0.2, 0.25) is 13.1 Å². The topological polar surface area (TPSA) is 3.24 Å². The van der Waals surface area contributed by atoms with Gasteiger partial charge in [0.2, 0.25) is 0 Å². The van der Waals surface area contributed by atoms with Gasteiger partial charge in [0.15, 0.2) is 0 Å². The molecule has 1 nitrogen and oxygen atoms in total. The van der Waals surface area contributed by atoms with Gasteiger partial charge in [-0.05, 0) is 30.7 Å². The number of hydrogen-bond acceptors (Lipinski definition) is 1. The second kappa shape index (κ2) is 6.77. The van der Waals surface area contributed by atoms with Crippen molar-refractivity contribution in [3.05, 3.63) is 72.9 Å². The number of para-hydroxylation sites is 2. The summed E-state index contributed by atoms with van der Waals surface area (Å²) in [7, 11) is -1.55. The van der Waals surface area contributed by atoms with Crippen LogP contribution in [-0.2, 0) is 0 Å². The van der Waals surface area contributed by atoms with Crippen LogP contribution in [0.4, 0.5) is 11.4 Å². The molecule has 0 aliphatic rings.